The van der Waals surface area contributed by atoms with Crippen molar-refractivity contribution in [2.45, 2.75) is 63.3 Å². The molecule has 1 rings (SSSR count). The van der Waals surface area contributed by atoms with Crippen LogP contribution in [0.4, 0.5) is 4.79 Å². The Kier molecular flexibility index (Phi) is 7.05. The molecule has 0 aromatic carbocycles. The number of hydrogen-bond acceptors (Lipinski definition) is 3. The molecule has 0 spiro atoms. The van der Waals surface area contributed by atoms with E-state index in [-0.39, 0.29) is 12.1 Å². The van der Waals surface area contributed by atoms with E-state index < -0.39 is 12.0 Å². The van der Waals surface area contributed by atoms with Crippen molar-refractivity contribution in [2.24, 2.45) is 0 Å². The second-order valence-corrected chi connectivity index (χ2v) is 6.46. The van der Waals surface area contributed by atoms with Gasteiger partial charge in [-0.1, -0.05) is 20.3 Å². The molecule has 19 heavy (non-hydrogen) atoms. The standard InChI is InChI=1S/C13H24N2O3S/c1-3-5-11(12(16)17)15-13(18)14-9-6-7-10(8-9)19-4-2/h9-11H,3-8H2,1-2H3,(H,16,17)(H2,14,15,18). The zero-order valence-corrected chi connectivity index (χ0v) is 12.5. The fourth-order valence-corrected chi connectivity index (χ4v) is 3.53. The molecule has 3 unspecified atom stereocenters. The van der Waals surface area contributed by atoms with Crippen LogP contribution >= 0.6 is 11.8 Å². The summed E-state index contributed by atoms with van der Waals surface area (Å²) in [6, 6.07) is -0.958. The number of nitrogens with one attached hydrogen (secondary N) is 2. The van der Waals surface area contributed by atoms with E-state index in [0.717, 1.165) is 31.4 Å². The third-order valence-electron chi connectivity index (χ3n) is 3.30. The SMILES string of the molecule is CCCC(NC(=O)NC1CCC(SCC)C1)C(=O)O. The molecule has 1 saturated carbocycles. The summed E-state index contributed by atoms with van der Waals surface area (Å²) in [6.07, 6.45) is 4.28. The van der Waals surface area contributed by atoms with Gasteiger partial charge >= 0.3 is 12.0 Å². The summed E-state index contributed by atoms with van der Waals surface area (Å²) in [4.78, 5) is 22.7. The van der Waals surface area contributed by atoms with Crippen LogP contribution in [-0.4, -0.2) is 40.2 Å². The Bertz CT molecular complexity index is 312. The highest BCUT2D eigenvalue weighted by Gasteiger charge is 2.27. The van der Waals surface area contributed by atoms with Gasteiger partial charge in [-0.05, 0) is 31.4 Å². The fourth-order valence-electron chi connectivity index (χ4n) is 2.39. The molecule has 3 N–H and O–H groups in total. The minimum atomic E-state index is -0.970. The molecular weight excluding hydrogens is 264 g/mol. The topological polar surface area (TPSA) is 78.4 Å². The zero-order valence-electron chi connectivity index (χ0n) is 11.6. The molecule has 0 aromatic rings. The van der Waals surface area contributed by atoms with Crippen LogP contribution in [0.15, 0.2) is 0 Å². The molecular formula is C13H24N2O3S. The molecule has 110 valence electrons. The molecule has 6 heteroatoms. The maximum Gasteiger partial charge on any atom is 0.326 e. The molecule has 1 fully saturated rings. The van der Waals surface area contributed by atoms with Crippen molar-refractivity contribution in [3.8, 4) is 0 Å². The number of rotatable bonds is 7. The molecule has 0 bridgehead atoms. The van der Waals surface area contributed by atoms with Crippen LogP contribution < -0.4 is 10.6 Å². The van der Waals surface area contributed by atoms with Crippen molar-refractivity contribution in [2.75, 3.05) is 5.75 Å². The van der Waals surface area contributed by atoms with Crippen molar-refractivity contribution in [3.63, 3.8) is 0 Å². The number of amides is 2. The summed E-state index contributed by atoms with van der Waals surface area (Å²) in [7, 11) is 0. The summed E-state index contributed by atoms with van der Waals surface area (Å²) in [5.74, 6) is 0.129. The molecule has 1 aliphatic carbocycles. The van der Waals surface area contributed by atoms with Gasteiger partial charge in [0.15, 0.2) is 0 Å². The monoisotopic (exact) mass is 288 g/mol. The van der Waals surface area contributed by atoms with Gasteiger partial charge in [0.1, 0.15) is 6.04 Å². The lowest BCUT2D eigenvalue weighted by Crippen LogP contribution is -2.48. The summed E-state index contributed by atoms with van der Waals surface area (Å²) in [5, 5.41) is 15.0. The molecule has 0 radical (unpaired) electrons. The van der Waals surface area contributed by atoms with Crippen LogP contribution in [0.2, 0.25) is 0 Å². The Morgan fingerprint density at radius 2 is 2.11 bits per heavy atom. The molecule has 5 nitrogen and oxygen atoms in total. The van der Waals surface area contributed by atoms with E-state index in [2.05, 4.69) is 17.6 Å². The molecule has 1 aliphatic rings. The maximum atomic E-state index is 11.8. The lowest BCUT2D eigenvalue weighted by molar-refractivity contribution is -0.139. The van der Waals surface area contributed by atoms with E-state index in [1.54, 1.807) is 0 Å². The summed E-state index contributed by atoms with van der Waals surface area (Å²) >= 11 is 1.93. The minimum Gasteiger partial charge on any atom is -0.480 e. The first-order valence-corrected chi connectivity index (χ1v) is 8.03. The van der Waals surface area contributed by atoms with Crippen LogP contribution in [0.5, 0.6) is 0 Å². The average Bonchev–Trinajstić information content (AvgIpc) is 2.76. The van der Waals surface area contributed by atoms with Crippen LogP contribution in [0.1, 0.15) is 46.0 Å². The van der Waals surface area contributed by atoms with Crippen LogP contribution in [0, 0.1) is 0 Å². The molecule has 0 aliphatic heterocycles. The summed E-state index contributed by atoms with van der Waals surface area (Å²) in [5.41, 5.74) is 0. The van der Waals surface area contributed by atoms with Crippen LogP contribution in [0.25, 0.3) is 0 Å². The Balaban J connectivity index is 2.32. The average molecular weight is 288 g/mol. The molecule has 0 aromatic heterocycles. The highest BCUT2D eigenvalue weighted by atomic mass is 32.2. The van der Waals surface area contributed by atoms with E-state index in [0.29, 0.717) is 11.7 Å². The smallest absolute Gasteiger partial charge is 0.326 e. The van der Waals surface area contributed by atoms with Gasteiger partial charge in [-0.15, -0.1) is 0 Å². The third-order valence-corrected chi connectivity index (χ3v) is 4.54. The Labute approximate surface area is 118 Å². The van der Waals surface area contributed by atoms with Crippen LogP contribution in [-0.2, 0) is 4.79 Å². The molecule has 3 atom stereocenters. The number of thioether (sulfide) groups is 1. The summed E-state index contributed by atoms with van der Waals surface area (Å²) in [6.45, 7) is 4.04. The summed E-state index contributed by atoms with van der Waals surface area (Å²) < 4.78 is 0. The predicted molar refractivity (Wildman–Crippen MR) is 77.6 cm³/mol. The van der Waals surface area contributed by atoms with Crippen molar-refractivity contribution in [1.82, 2.24) is 10.6 Å². The molecule has 0 saturated heterocycles. The van der Waals surface area contributed by atoms with Crippen molar-refractivity contribution in [1.29, 1.82) is 0 Å². The second-order valence-electron chi connectivity index (χ2n) is 4.88. The van der Waals surface area contributed by atoms with Gasteiger partial charge in [0.2, 0.25) is 0 Å². The van der Waals surface area contributed by atoms with Crippen molar-refractivity contribution < 1.29 is 14.7 Å². The number of aliphatic carboxylic acids is 1. The van der Waals surface area contributed by atoms with E-state index in [4.69, 9.17) is 5.11 Å². The largest absolute Gasteiger partial charge is 0.480 e. The Morgan fingerprint density at radius 3 is 2.68 bits per heavy atom. The first kappa shape index (κ1) is 16.1. The lowest BCUT2D eigenvalue weighted by atomic mass is 10.2. The van der Waals surface area contributed by atoms with Gasteiger partial charge in [-0.3, -0.25) is 0 Å². The van der Waals surface area contributed by atoms with Gasteiger partial charge in [0.25, 0.3) is 0 Å². The Hall–Kier alpha value is -0.910. The molecule has 2 amide bonds. The van der Waals surface area contributed by atoms with E-state index in [1.165, 1.54) is 0 Å². The maximum absolute atomic E-state index is 11.8. The highest BCUT2D eigenvalue weighted by Crippen LogP contribution is 2.29. The van der Waals surface area contributed by atoms with Gasteiger partial charge in [0.05, 0.1) is 0 Å². The lowest BCUT2D eigenvalue weighted by Gasteiger charge is -2.17. The van der Waals surface area contributed by atoms with Crippen LogP contribution in [0.3, 0.4) is 0 Å². The van der Waals surface area contributed by atoms with E-state index >= 15 is 0 Å². The predicted octanol–water partition coefficient (Wildman–Crippen LogP) is 2.21. The number of urea groups is 1. The number of hydrogen-bond donors (Lipinski definition) is 3. The third kappa shape index (κ3) is 5.72. The van der Waals surface area contributed by atoms with Gasteiger partial charge in [-0.2, -0.15) is 11.8 Å². The first-order chi connectivity index (χ1) is 9.06. The number of carbonyl (C=O) groups is 2. The van der Waals surface area contributed by atoms with E-state index in [9.17, 15) is 9.59 Å². The zero-order chi connectivity index (χ0) is 14.3. The van der Waals surface area contributed by atoms with E-state index in [1.807, 2.05) is 18.7 Å². The van der Waals surface area contributed by atoms with Crippen molar-refractivity contribution in [3.05, 3.63) is 0 Å². The first-order valence-electron chi connectivity index (χ1n) is 6.98. The minimum absolute atomic E-state index is 0.181. The highest BCUT2D eigenvalue weighted by molar-refractivity contribution is 7.99. The number of carbonyl (C=O) groups excluding carboxylic acids is 1. The van der Waals surface area contributed by atoms with Gasteiger partial charge in [-0.25, -0.2) is 9.59 Å². The normalized spacial score (nSPS) is 23.9. The van der Waals surface area contributed by atoms with Gasteiger partial charge < -0.3 is 15.7 Å². The number of carboxylic acid groups (broad SMARTS) is 1. The molecule has 0 heterocycles. The second kappa shape index (κ2) is 8.30. The fraction of sp³-hybridized carbons (Fsp3) is 0.846. The quantitative estimate of drug-likeness (QED) is 0.671. The Morgan fingerprint density at radius 1 is 1.37 bits per heavy atom. The van der Waals surface area contributed by atoms with Gasteiger partial charge in [0, 0.05) is 11.3 Å². The number of carboxylic acids is 1. The van der Waals surface area contributed by atoms with Crippen molar-refractivity contribution >= 4 is 23.8 Å².